The molecule has 1 saturated carbocycles. The summed E-state index contributed by atoms with van der Waals surface area (Å²) in [5.41, 5.74) is 2.18. The number of halogens is 2. The van der Waals surface area contributed by atoms with Crippen molar-refractivity contribution < 1.29 is 14.7 Å². The van der Waals surface area contributed by atoms with E-state index in [1.165, 1.54) is 17.0 Å². The lowest BCUT2D eigenvalue weighted by Crippen LogP contribution is -2.46. The zero-order valence-corrected chi connectivity index (χ0v) is 21.0. The van der Waals surface area contributed by atoms with Crippen LogP contribution in [0, 0.1) is 0 Å². The average molecular weight is 518 g/mol. The number of carbonyl (C=O) groups excluding carboxylic acids is 2. The molecule has 4 rings (SSSR count). The summed E-state index contributed by atoms with van der Waals surface area (Å²) in [4.78, 5) is 29.0. The Bertz CT molecular complexity index is 1160. The van der Waals surface area contributed by atoms with E-state index in [2.05, 4.69) is 9.69 Å². The third-order valence-corrected chi connectivity index (χ3v) is 7.67. The number of nitrogens with one attached hydrogen (secondary N) is 1. The molecule has 1 aliphatic rings. The van der Waals surface area contributed by atoms with E-state index in [0.29, 0.717) is 11.3 Å². The highest BCUT2D eigenvalue weighted by Gasteiger charge is 2.36. The Morgan fingerprint density at radius 1 is 1.12 bits per heavy atom. The number of aromatic nitrogens is 1. The number of phenols is 1. The second kappa shape index (κ2) is 10.8. The van der Waals surface area contributed by atoms with Gasteiger partial charge in [0.15, 0.2) is 5.69 Å². The van der Waals surface area contributed by atoms with Gasteiger partial charge < -0.3 is 10.4 Å². The number of amides is 2. The molecule has 2 aromatic carbocycles. The average Bonchev–Trinajstić information content (AvgIpc) is 3.47. The van der Waals surface area contributed by atoms with Crippen molar-refractivity contribution in [2.45, 2.75) is 51.1 Å². The van der Waals surface area contributed by atoms with Crippen molar-refractivity contribution in [2.75, 3.05) is 4.90 Å². The number of hydrogen-bond acceptors (Lipinski definition) is 5. The van der Waals surface area contributed by atoms with E-state index in [1.807, 2.05) is 31.2 Å². The van der Waals surface area contributed by atoms with E-state index in [1.54, 1.807) is 12.1 Å². The van der Waals surface area contributed by atoms with Crippen LogP contribution in [0.2, 0.25) is 9.36 Å². The fraction of sp³-hybridized carbons (Fsp3) is 0.320. The predicted molar refractivity (Wildman–Crippen MR) is 136 cm³/mol. The summed E-state index contributed by atoms with van der Waals surface area (Å²) in [5.74, 6) is -0.766. The van der Waals surface area contributed by atoms with Crippen LogP contribution in [0.5, 0.6) is 5.75 Å². The Kier molecular flexibility index (Phi) is 7.76. The lowest BCUT2D eigenvalue weighted by molar-refractivity contribution is -0.123. The third-order valence-electron chi connectivity index (χ3n) is 6.06. The second-order valence-corrected chi connectivity index (χ2v) is 10.1. The van der Waals surface area contributed by atoms with E-state index in [-0.39, 0.29) is 32.8 Å². The molecule has 1 fully saturated rings. The summed E-state index contributed by atoms with van der Waals surface area (Å²) in [6, 6.07) is 12.8. The Morgan fingerprint density at radius 2 is 1.76 bits per heavy atom. The summed E-state index contributed by atoms with van der Waals surface area (Å²) >= 11 is 13.3. The van der Waals surface area contributed by atoms with Gasteiger partial charge in [-0.3, -0.25) is 14.5 Å². The number of carbonyl (C=O) groups is 2. The highest BCUT2D eigenvalue weighted by molar-refractivity contribution is 7.11. The number of nitrogens with zero attached hydrogens (tertiary/aromatic N) is 2. The largest absolute Gasteiger partial charge is 0.508 e. The summed E-state index contributed by atoms with van der Waals surface area (Å²) in [6.07, 6.45) is 4.76. The fourth-order valence-corrected chi connectivity index (χ4v) is 5.19. The molecule has 3 aromatic rings. The van der Waals surface area contributed by atoms with Crippen molar-refractivity contribution in [2.24, 2.45) is 0 Å². The minimum atomic E-state index is -1.00. The quantitative estimate of drug-likeness (QED) is 0.392. The molecule has 1 aliphatic carbocycles. The molecule has 34 heavy (non-hydrogen) atoms. The van der Waals surface area contributed by atoms with E-state index < -0.39 is 11.9 Å². The zero-order valence-electron chi connectivity index (χ0n) is 18.6. The highest BCUT2D eigenvalue weighted by atomic mass is 35.5. The molecule has 0 saturated heterocycles. The molecule has 2 amide bonds. The molecule has 1 aromatic heterocycles. The minimum Gasteiger partial charge on any atom is -0.508 e. The van der Waals surface area contributed by atoms with Gasteiger partial charge in [0, 0.05) is 11.7 Å². The van der Waals surface area contributed by atoms with Crippen molar-refractivity contribution in [1.82, 2.24) is 9.69 Å². The maximum Gasteiger partial charge on any atom is 0.280 e. The van der Waals surface area contributed by atoms with Crippen LogP contribution in [0.1, 0.15) is 60.3 Å². The first-order valence-corrected chi connectivity index (χ1v) is 12.7. The number of aromatic hydroxyl groups is 1. The van der Waals surface area contributed by atoms with Gasteiger partial charge in [0.05, 0.1) is 0 Å². The van der Waals surface area contributed by atoms with Crippen LogP contribution in [0.25, 0.3) is 0 Å². The van der Waals surface area contributed by atoms with Crippen LogP contribution in [0.4, 0.5) is 5.69 Å². The molecule has 6 nitrogen and oxygen atoms in total. The SMILES string of the molecule is CCc1ccc(N(C(=O)c2nsc(Cl)c2Cl)[C@H](C(=O)NC2CCCC2)c2ccc(O)cc2)cc1. The van der Waals surface area contributed by atoms with Crippen molar-refractivity contribution in [1.29, 1.82) is 0 Å². The normalized spacial score (nSPS) is 14.7. The predicted octanol–water partition coefficient (Wildman–Crippen LogP) is 6.16. The summed E-state index contributed by atoms with van der Waals surface area (Å²) in [7, 11) is 0. The number of rotatable bonds is 7. The van der Waals surface area contributed by atoms with Crippen molar-refractivity contribution in [3.63, 3.8) is 0 Å². The van der Waals surface area contributed by atoms with Crippen LogP contribution in [0.3, 0.4) is 0 Å². The molecule has 9 heteroatoms. The van der Waals surface area contributed by atoms with Crippen LogP contribution in [-0.4, -0.2) is 27.3 Å². The van der Waals surface area contributed by atoms with Gasteiger partial charge >= 0.3 is 0 Å². The van der Waals surface area contributed by atoms with E-state index in [9.17, 15) is 14.7 Å². The van der Waals surface area contributed by atoms with Gasteiger partial charge in [-0.1, -0.05) is 67.2 Å². The Labute approximate surface area is 212 Å². The number of hydrogen-bond donors (Lipinski definition) is 2. The van der Waals surface area contributed by atoms with Crippen LogP contribution < -0.4 is 10.2 Å². The van der Waals surface area contributed by atoms with Gasteiger partial charge in [0.25, 0.3) is 5.91 Å². The number of anilines is 1. The second-order valence-electron chi connectivity index (χ2n) is 8.30. The molecule has 0 aliphatic heterocycles. The van der Waals surface area contributed by atoms with Gasteiger partial charge in [-0.05, 0) is 66.2 Å². The highest BCUT2D eigenvalue weighted by Crippen LogP contribution is 2.35. The van der Waals surface area contributed by atoms with Crippen molar-refractivity contribution in [3.05, 3.63) is 74.7 Å². The number of aryl methyl sites for hydroxylation is 1. The van der Waals surface area contributed by atoms with Gasteiger partial charge in [-0.15, -0.1) is 0 Å². The molecule has 178 valence electrons. The summed E-state index contributed by atoms with van der Waals surface area (Å²) in [5, 5.41) is 13.0. The monoisotopic (exact) mass is 517 g/mol. The maximum atomic E-state index is 13.9. The first kappa shape index (κ1) is 24.5. The van der Waals surface area contributed by atoms with Crippen LogP contribution >= 0.6 is 34.7 Å². The lowest BCUT2D eigenvalue weighted by Gasteiger charge is -2.32. The summed E-state index contributed by atoms with van der Waals surface area (Å²) < 4.78 is 4.37. The fourth-order valence-electron chi connectivity index (χ4n) is 4.21. The molecular weight excluding hydrogens is 493 g/mol. The Morgan fingerprint density at radius 3 is 2.32 bits per heavy atom. The van der Waals surface area contributed by atoms with Crippen LogP contribution in [-0.2, 0) is 11.2 Å². The summed E-state index contributed by atoms with van der Waals surface area (Å²) in [6.45, 7) is 2.04. The molecule has 2 N–H and O–H groups in total. The standard InChI is InChI=1S/C25H25Cl2N3O3S/c1-2-15-7-11-18(12-8-15)30(25(33)21-20(26)23(27)34-29-21)22(16-9-13-19(31)14-10-16)24(32)28-17-5-3-4-6-17/h7-14,17,22,31H,2-6H2,1H3,(H,28,32)/t22-/m0/s1. The molecule has 0 spiro atoms. The van der Waals surface area contributed by atoms with Crippen LogP contribution in [0.15, 0.2) is 48.5 Å². The van der Waals surface area contributed by atoms with E-state index in [0.717, 1.165) is 49.2 Å². The minimum absolute atomic E-state index is 0.00585. The van der Waals surface area contributed by atoms with Gasteiger partial charge in [0.2, 0.25) is 5.91 Å². The first-order chi connectivity index (χ1) is 16.4. The topological polar surface area (TPSA) is 82.5 Å². The van der Waals surface area contributed by atoms with Gasteiger partial charge in [0.1, 0.15) is 21.2 Å². The molecule has 1 heterocycles. The maximum absolute atomic E-state index is 13.9. The molecule has 0 radical (unpaired) electrons. The smallest absolute Gasteiger partial charge is 0.280 e. The number of phenolic OH excluding ortho intramolecular Hbond substituents is 1. The first-order valence-electron chi connectivity index (χ1n) is 11.2. The Balaban J connectivity index is 1.83. The third kappa shape index (κ3) is 5.22. The van der Waals surface area contributed by atoms with E-state index in [4.69, 9.17) is 23.2 Å². The Hall–Kier alpha value is -2.61. The van der Waals surface area contributed by atoms with Crippen molar-refractivity contribution in [3.8, 4) is 5.75 Å². The molecular formula is C25H25Cl2N3O3S. The van der Waals surface area contributed by atoms with Gasteiger partial charge in [-0.25, -0.2) is 0 Å². The van der Waals surface area contributed by atoms with Gasteiger partial charge in [-0.2, -0.15) is 4.37 Å². The van der Waals surface area contributed by atoms with E-state index >= 15 is 0 Å². The molecule has 0 bridgehead atoms. The molecule has 1 atom stereocenters. The number of benzene rings is 2. The lowest BCUT2D eigenvalue weighted by atomic mass is 10.0. The zero-order chi connectivity index (χ0) is 24.2. The molecule has 0 unspecified atom stereocenters. The van der Waals surface area contributed by atoms with Crippen molar-refractivity contribution >= 4 is 52.2 Å².